The van der Waals surface area contributed by atoms with Gasteiger partial charge in [-0.15, -0.1) is 0 Å². The summed E-state index contributed by atoms with van der Waals surface area (Å²) in [6, 6.07) is 12.2. The van der Waals surface area contributed by atoms with Gasteiger partial charge in [-0.25, -0.2) is 0 Å². The van der Waals surface area contributed by atoms with Crippen molar-refractivity contribution in [3.05, 3.63) is 30.3 Å². The van der Waals surface area contributed by atoms with Gasteiger partial charge < -0.3 is 0 Å². The first-order valence-corrected chi connectivity index (χ1v) is 13.7. The minimum absolute atomic E-state index is 1.09. The Morgan fingerprint density at radius 2 is 0.840 bits per heavy atom. The molecule has 3 saturated carbocycles. The summed E-state index contributed by atoms with van der Waals surface area (Å²) in [6.07, 6.45) is 23.0. The van der Waals surface area contributed by atoms with E-state index in [1.807, 2.05) is 5.30 Å². The summed E-state index contributed by atoms with van der Waals surface area (Å²) in [6.45, 7) is 0. The van der Waals surface area contributed by atoms with E-state index in [-0.39, 0.29) is 0 Å². The summed E-state index contributed by atoms with van der Waals surface area (Å²) in [5.74, 6) is 0. The topological polar surface area (TPSA) is 0 Å². The maximum atomic E-state index is 2.59. The van der Waals surface area contributed by atoms with E-state index in [1.54, 1.807) is 38.5 Å². The fourth-order valence-corrected chi connectivity index (χ4v) is 15.4. The molecule has 0 atom stereocenters. The molecule has 0 heterocycles. The fourth-order valence-electron chi connectivity index (χ4n) is 7.17. The van der Waals surface area contributed by atoms with Gasteiger partial charge in [-0.05, 0) is 0 Å². The number of hydrogen-bond donors (Lipinski definition) is 0. The molecule has 3 fully saturated rings. The average Bonchev–Trinajstić information content (AvgIpc) is 2.72. The van der Waals surface area contributed by atoms with Crippen LogP contribution in [0.1, 0.15) is 96.3 Å². The molecular weight excluding hydrogens is 319 g/mol. The van der Waals surface area contributed by atoms with Gasteiger partial charge in [0.25, 0.3) is 0 Å². The van der Waals surface area contributed by atoms with Crippen LogP contribution in [-0.4, -0.2) is 17.0 Å². The van der Waals surface area contributed by atoms with Crippen molar-refractivity contribution in [3.8, 4) is 0 Å². The summed E-state index contributed by atoms with van der Waals surface area (Å²) in [5.41, 5.74) is 3.28. The second-order valence-corrected chi connectivity index (χ2v) is 14.2. The number of benzene rings is 1. The van der Waals surface area contributed by atoms with Crippen LogP contribution in [0.2, 0.25) is 0 Å². The third-order valence-corrected chi connectivity index (χ3v) is 15.2. The Labute approximate surface area is 156 Å². The first kappa shape index (κ1) is 18.0. The van der Waals surface area contributed by atoms with Gasteiger partial charge in [-0.2, -0.15) is 0 Å². The third kappa shape index (κ3) is 3.58. The molecule has 0 saturated heterocycles. The molecule has 140 valence electrons. The van der Waals surface area contributed by atoms with Gasteiger partial charge in [0, 0.05) is 0 Å². The molecule has 0 unspecified atom stereocenters. The Morgan fingerprint density at radius 3 is 1.20 bits per heavy atom. The van der Waals surface area contributed by atoms with Crippen LogP contribution in [0.3, 0.4) is 0 Å². The van der Waals surface area contributed by atoms with Gasteiger partial charge in [0.1, 0.15) is 0 Å². The van der Waals surface area contributed by atoms with E-state index in [1.165, 1.54) is 57.8 Å². The molecule has 1 aromatic carbocycles. The summed E-state index contributed by atoms with van der Waals surface area (Å²) >= 11 is 0. The maximum absolute atomic E-state index is 2.59. The van der Waals surface area contributed by atoms with Crippen molar-refractivity contribution in [2.75, 3.05) is 0 Å². The van der Waals surface area contributed by atoms with Crippen LogP contribution in [-0.2, 0) is 0 Å². The van der Waals surface area contributed by atoms with Crippen LogP contribution >= 0.6 is 7.26 Å². The molecule has 0 nitrogen and oxygen atoms in total. The van der Waals surface area contributed by atoms with Crippen molar-refractivity contribution in [1.82, 2.24) is 0 Å². The molecule has 3 aliphatic rings. The normalized spacial score (nSPS) is 25.8. The van der Waals surface area contributed by atoms with Crippen molar-refractivity contribution in [3.63, 3.8) is 0 Å². The van der Waals surface area contributed by atoms with Gasteiger partial charge in [0.05, 0.1) is 0 Å². The van der Waals surface area contributed by atoms with Crippen LogP contribution in [0, 0.1) is 0 Å². The zero-order valence-electron chi connectivity index (χ0n) is 16.2. The molecular formula is C24H39P. The van der Waals surface area contributed by atoms with E-state index in [0.29, 0.717) is 0 Å². The second kappa shape index (κ2) is 8.56. The zero-order chi connectivity index (χ0) is 17.0. The fraction of sp³-hybridized carbons (Fsp3) is 0.750. The quantitative estimate of drug-likeness (QED) is 0.505. The van der Waals surface area contributed by atoms with Crippen LogP contribution < -0.4 is 5.30 Å². The van der Waals surface area contributed by atoms with Crippen LogP contribution in [0.5, 0.6) is 0 Å². The molecule has 4 rings (SSSR count). The Bertz CT molecular complexity index is 459. The summed E-state index contributed by atoms with van der Waals surface area (Å²) in [4.78, 5) is 0. The van der Waals surface area contributed by atoms with Crippen LogP contribution in [0.25, 0.3) is 0 Å². The summed E-state index contributed by atoms with van der Waals surface area (Å²) in [5, 5.41) is 1.88. The minimum atomic E-state index is -1.47. The Balaban J connectivity index is 1.79. The number of rotatable bonds is 4. The van der Waals surface area contributed by atoms with Gasteiger partial charge in [-0.1, -0.05) is 0 Å². The molecule has 0 spiro atoms. The van der Waals surface area contributed by atoms with Crippen molar-refractivity contribution in [2.24, 2.45) is 0 Å². The Kier molecular flexibility index (Phi) is 6.17. The van der Waals surface area contributed by atoms with E-state index in [2.05, 4.69) is 30.3 Å². The van der Waals surface area contributed by atoms with Crippen LogP contribution in [0.15, 0.2) is 30.3 Å². The molecule has 0 bridgehead atoms. The van der Waals surface area contributed by atoms with E-state index >= 15 is 0 Å². The molecule has 0 aromatic heterocycles. The second-order valence-electron chi connectivity index (χ2n) is 9.30. The van der Waals surface area contributed by atoms with Crippen molar-refractivity contribution < 1.29 is 0 Å². The molecule has 1 aromatic rings. The Hall–Kier alpha value is -0.350. The van der Waals surface area contributed by atoms with Crippen LogP contribution in [0.4, 0.5) is 0 Å². The molecule has 0 N–H and O–H groups in total. The molecule has 0 radical (unpaired) electrons. The molecule has 1 heteroatoms. The molecule has 25 heavy (non-hydrogen) atoms. The van der Waals surface area contributed by atoms with E-state index in [0.717, 1.165) is 17.0 Å². The first-order valence-electron chi connectivity index (χ1n) is 11.5. The summed E-state index contributed by atoms with van der Waals surface area (Å²) < 4.78 is 0. The summed E-state index contributed by atoms with van der Waals surface area (Å²) in [7, 11) is -1.47. The Morgan fingerprint density at radius 1 is 0.480 bits per heavy atom. The van der Waals surface area contributed by atoms with Gasteiger partial charge >= 0.3 is 156 Å². The SMILES string of the molecule is c1ccc([PH](C2CCCCC2)(C2CCCCC2)C2CCCCC2)cc1. The van der Waals surface area contributed by atoms with Gasteiger partial charge in [0.2, 0.25) is 0 Å². The third-order valence-electron chi connectivity index (χ3n) is 8.12. The van der Waals surface area contributed by atoms with Crippen molar-refractivity contribution >= 4 is 12.6 Å². The first-order chi connectivity index (χ1) is 12.4. The molecule has 3 aliphatic carbocycles. The average molecular weight is 359 g/mol. The predicted molar refractivity (Wildman–Crippen MR) is 115 cm³/mol. The van der Waals surface area contributed by atoms with E-state index in [4.69, 9.17) is 0 Å². The molecule has 0 aliphatic heterocycles. The van der Waals surface area contributed by atoms with Crippen molar-refractivity contribution in [2.45, 2.75) is 113 Å². The predicted octanol–water partition coefficient (Wildman–Crippen LogP) is 7.06. The van der Waals surface area contributed by atoms with Gasteiger partial charge in [-0.3, -0.25) is 0 Å². The number of hydrogen-bond acceptors (Lipinski definition) is 0. The molecule has 0 amide bonds. The van der Waals surface area contributed by atoms with E-state index < -0.39 is 7.26 Å². The van der Waals surface area contributed by atoms with Crippen molar-refractivity contribution in [1.29, 1.82) is 0 Å². The zero-order valence-corrected chi connectivity index (χ0v) is 17.2. The monoisotopic (exact) mass is 358 g/mol. The van der Waals surface area contributed by atoms with E-state index in [9.17, 15) is 0 Å². The standard InChI is InChI=1S/C24H39P/c1-5-13-21(14-6-1)25(22-15-7-2-8-16-22,23-17-9-3-10-18-23)24-19-11-4-12-20-24/h1,5-6,13-14,22-25H,2-4,7-12,15-20H2. The van der Waals surface area contributed by atoms with Gasteiger partial charge in [0.15, 0.2) is 0 Å².